The third kappa shape index (κ3) is 3.77. The highest BCUT2D eigenvalue weighted by molar-refractivity contribution is 5.76. The summed E-state index contributed by atoms with van der Waals surface area (Å²) in [7, 11) is 0. The highest BCUT2D eigenvalue weighted by Crippen LogP contribution is 2.29. The maximum atomic E-state index is 11.4. The zero-order valence-corrected chi connectivity index (χ0v) is 8.38. The summed E-state index contributed by atoms with van der Waals surface area (Å²) in [5.41, 5.74) is 5.39. The topological polar surface area (TPSA) is 55.1 Å². The smallest absolute Gasteiger partial charge is 0.220 e. The van der Waals surface area contributed by atoms with E-state index in [2.05, 4.69) is 5.32 Å². The summed E-state index contributed by atoms with van der Waals surface area (Å²) in [6.07, 6.45) is 5.36. The Morgan fingerprint density at radius 1 is 1.62 bits per heavy atom. The predicted octanol–water partition coefficient (Wildman–Crippen LogP) is 1.03. The molecule has 0 aromatic rings. The standard InChI is InChI=1S/C10H20N2O/c1-8(5-6-11)12-10(13)7-9-3-2-4-9/h8-9H,2-7,11H2,1H3,(H,12,13). The van der Waals surface area contributed by atoms with Crippen molar-refractivity contribution in [2.45, 2.75) is 45.1 Å². The van der Waals surface area contributed by atoms with Crippen molar-refractivity contribution in [3.05, 3.63) is 0 Å². The van der Waals surface area contributed by atoms with Crippen LogP contribution in [0, 0.1) is 5.92 Å². The van der Waals surface area contributed by atoms with Gasteiger partial charge in [-0.1, -0.05) is 6.42 Å². The summed E-state index contributed by atoms with van der Waals surface area (Å²) < 4.78 is 0. The average Bonchev–Trinajstić information content (AvgIpc) is 1.97. The molecule has 1 fully saturated rings. The third-order valence-electron chi connectivity index (χ3n) is 2.71. The average molecular weight is 184 g/mol. The molecule has 1 rings (SSSR count). The number of nitrogens with one attached hydrogen (secondary N) is 1. The molecule has 0 aromatic carbocycles. The van der Waals surface area contributed by atoms with E-state index in [0.29, 0.717) is 12.5 Å². The van der Waals surface area contributed by atoms with Gasteiger partial charge >= 0.3 is 0 Å². The lowest BCUT2D eigenvalue weighted by atomic mass is 9.83. The molecular formula is C10H20N2O. The van der Waals surface area contributed by atoms with Crippen LogP contribution in [0.4, 0.5) is 0 Å². The number of hydrogen-bond acceptors (Lipinski definition) is 2. The van der Waals surface area contributed by atoms with Crippen LogP contribution in [0.5, 0.6) is 0 Å². The van der Waals surface area contributed by atoms with Gasteiger partial charge in [-0.25, -0.2) is 0 Å². The summed E-state index contributed by atoms with van der Waals surface area (Å²) in [5.74, 6) is 0.857. The van der Waals surface area contributed by atoms with Crippen LogP contribution in [0.25, 0.3) is 0 Å². The van der Waals surface area contributed by atoms with Crippen LogP contribution < -0.4 is 11.1 Å². The molecule has 0 spiro atoms. The first-order valence-electron chi connectivity index (χ1n) is 5.21. The van der Waals surface area contributed by atoms with Crippen LogP contribution in [-0.2, 0) is 4.79 Å². The second-order valence-corrected chi connectivity index (χ2v) is 4.05. The maximum absolute atomic E-state index is 11.4. The lowest BCUT2D eigenvalue weighted by Gasteiger charge is -2.25. The Kier molecular flexibility index (Phi) is 4.22. The van der Waals surface area contributed by atoms with Crippen LogP contribution in [0.2, 0.25) is 0 Å². The molecule has 3 nitrogen and oxygen atoms in total. The summed E-state index contributed by atoms with van der Waals surface area (Å²) >= 11 is 0. The number of hydrogen-bond donors (Lipinski definition) is 2. The lowest BCUT2D eigenvalue weighted by Crippen LogP contribution is -2.35. The first kappa shape index (κ1) is 10.5. The Morgan fingerprint density at radius 3 is 2.77 bits per heavy atom. The van der Waals surface area contributed by atoms with Crippen LogP contribution in [0.3, 0.4) is 0 Å². The first-order chi connectivity index (χ1) is 6.22. The zero-order chi connectivity index (χ0) is 9.68. The number of carbonyl (C=O) groups is 1. The minimum atomic E-state index is 0.200. The third-order valence-corrected chi connectivity index (χ3v) is 2.71. The Balaban J connectivity index is 2.08. The summed E-state index contributed by atoms with van der Waals surface area (Å²) in [5, 5.41) is 2.96. The van der Waals surface area contributed by atoms with Gasteiger partial charge < -0.3 is 11.1 Å². The van der Waals surface area contributed by atoms with E-state index in [-0.39, 0.29) is 11.9 Å². The van der Waals surface area contributed by atoms with Gasteiger partial charge in [0.1, 0.15) is 0 Å². The molecule has 1 aliphatic carbocycles. The SMILES string of the molecule is CC(CCN)NC(=O)CC1CCC1. The van der Waals surface area contributed by atoms with Crippen molar-refractivity contribution in [2.24, 2.45) is 11.7 Å². The molecule has 0 radical (unpaired) electrons. The first-order valence-corrected chi connectivity index (χ1v) is 5.21. The Morgan fingerprint density at radius 2 is 2.31 bits per heavy atom. The second-order valence-electron chi connectivity index (χ2n) is 4.05. The Bertz CT molecular complexity index is 166. The van der Waals surface area contributed by atoms with Crippen molar-refractivity contribution in [3.8, 4) is 0 Å². The van der Waals surface area contributed by atoms with Crippen molar-refractivity contribution in [1.82, 2.24) is 5.32 Å². The van der Waals surface area contributed by atoms with Crippen LogP contribution >= 0.6 is 0 Å². The van der Waals surface area contributed by atoms with E-state index in [1.165, 1.54) is 19.3 Å². The van der Waals surface area contributed by atoms with Gasteiger partial charge in [0.2, 0.25) is 5.91 Å². The molecule has 0 saturated heterocycles. The molecule has 3 N–H and O–H groups in total. The number of amides is 1. The molecule has 1 saturated carbocycles. The Hall–Kier alpha value is -0.570. The summed E-state index contributed by atoms with van der Waals surface area (Å²) in [4.78, 5) is 11.4. The molecule has 3 heteroatoms. The van der Waals surface area contributed by atoms with Crippen molar-refractivity contribution in [1.29, 1.82) is 0 Å². The molecular weight excluding hydrogens is 164 g/mol. The fourth-order valence-electron chi connectivity index (χ4n) is 1.62. The largest absolute Gasteiger partial charge is 0.354 e. The van der Waals surface area contributed by atoms with E-state index in [1.54, 1.807) is 0 Å². The zero-order valence-electron chi connectivity index (χ0n) is 8.38. The van der Waals surface area contributed by atoms with Crippen molar-refractivity contribution in [3.63, 3.8) is 0 Å². The quantitative estimate of drug-likeness (QED) is 0.670. The van der Waals surface area contributed by atoms with E-state index in [0.717, 1.165) is 12.8 Å². The number of rotatable bonds is 5. The Labute approximate surface area is 80.1 Å². The minimum absolute atomic E-state index is 0.200. The number of carbonyl (C=O) groups excluding carboxylic acids is 1. The van der Waals surface area contributed by atoms with Gasteiger partial charge in [-0.3, -0.25) is 4.79 Å². The molecule has 1 aliphatic rings. The molecule has 76 valence electrons. The molecule has 0 aromatic heterocycles. The van der Waals surface area contributed by atoms with E-state index in [4.69, 9.17) is 5.73 Å². The van der Waals surface area contributed by atoms with Crippen LogP contribution in [0.15, 0.2) is 0 Å². The molecule has 13 heavy (non-hydrogen) atoms. The minimum Gasteiger partial charge on any atom is -0.354 e. The molecule has 1 atom stereocenters. The monoisotopic (exact) mass is 184 g/mol. The van der Waals surface area contributed by atoms with E-state index < -0.39 is 0 Å². The molecule has 1 amide bonds. The normalized spacial score (nSPS) is 19.2. The summed E-state index contributed by atoms with van der Waals surface area (Å²) in [6, 6.07) is 0.234. The fraction of sp³-hybridized carbons (Fsp3) is 0.900. The highest BCUT2D eigenvalue weighted by Gasteiger charge is 2.20. The van der Waals surface area contributed by atoms with E-state index in [1.807, 2.05) is 6.92 Å². The molecule has 0 heterocycles. The van der Waals surface area contributed by atoms with Crippen molar-refractivity contribution >= 4 is 5.91 Å². The highest BCUT2D eigenvalue weighted by atomic mass is 16.1. The van der Waals surface area contributed by atoms with Gasteiger partial charge in [0.25, 0.3) is 0 Å². The van der Waals surface area contributed by atoms with Crippen molar-refractivity contribution < 1.29 is 4.79 Å². The number of nitrogens with two attached hydrogens (primary N) is 1. The van der Waals surface area contributed by atoms with Gasteiger partial charge in [0.15, 0.2) is 0 Å². The van der Waals surface area contributed by atoms with Gasteiger partial charge in [0, 0.05) is 12.5 Å². The van der Waals surface area contributed by atoms with Crippen LogP contribution in [-0.4, -0.2) is 18.5 Å². The fourth-order valence-corrected chi connectivity index (χ4v) is 1.62. The van der Waals surface area contributed by atoms with Gasteiger partial charge in [0.05, 0.1) is 0 Å². The molecule has 0 aliphatic heterocycles. The van der Waals surface area contributed by atoms with Crippen molar-refractivity contribution in [2.75, 3.05) is 6.54 Å². The molecule has 1 unspecified atom stereocenters. The lowest BCUT2D eigenvalue weighted by molar-refractivity contribution is -0.123. The van der Waals surface area contributed by atoms with Gasteiger partial charge in [-0.05, 0) is 38.6 Å². The maximum Gasteiger partial charge on any atom is 0.220 e. The summed E-state index contributed by atoms with van der Waals surface area (Å²) in [6.45, 7) is 2.65. The van der Waals surface area contributed by atoms with Crippen LogP contribution in [0.1, 0.15) is 39.0 Å². The predicted molar refractivity (Wildman–Crippen MR) is 53.2 cm³/mol. The van der Waals surface area contributed by atoms with E-state index >= 15 is 0 Å². The van der Waals surface area contributed by atoms with E-state index in [9.17, 15) is 4.79 Å². The van der Waals surface area contributed by atoms with Gasteiger partial charge in [-0.2, -0.15) is 0 Å². The second kappa shape index (κ2) is 5.22. The molecule has 0 bridgehead atoms. The van der Waals surface area contributed by atoms with Gasteiger partial charge in [-0.15, -0.1) is 0 Å².